The Balaban J connectivity index is 5.77. The molecule has 17 heteroatoms. The van der Waals surface area contributed by atoms with E-state index in [4.69, 9.17) is 33.8 Å². The van der Waals surface area contributed by atoms with Gasteiger partial charge in [-0.1, -0.05) is 13.8 Å². The molecule has 17 nitrogen and oxygen atoms in total. The third-order valence-electron chi connectivity index (χ3n) is 5.17. The Morgan fingerprint density at radius 3 is 1.45 bits per heavy atom. The van der Waals surface area contributed by atoms with E-state index in [0.717, 1.165) is 0 Å². The number of carboxylic acids is 2. The van der Waals surface area contributed by atoms with Gasteiger partial charge in [0, 0.05) is 13.1 Å². The molecule has 4 atom stereocenters. The number of guanidine groups is 2. The quantitative estimate of drug-likeness (QED) is 0.0449. The monoisotopic (exact) mass is 544 g/mol. The van der Waals surface area contributed by atoms with Gasteiger partial charge in [-0.05, 0) is 31.6 Å². The number of carbonyl (C=O) groups is 5. The highest BCUT2D eigenvalue weighted by Crippen LogP contribution is 2.06. The van der Waals surface area contributed by atoms with Crippen LogP contribution in [0.3, 0.4) is 0 Å². The summed E-state index contributed by atoms with van der Waals surface area (Å²) in [6, 6.07) is -5.09. The van der Waals surface area contributed by atoms with Gasteiger partial charge in [-0.2, -0.15) is 0 Å². The van der Waals surface area contributed by atoms with Crippen LogP contribution in [0.2, 0.25) is 0 Å². The summed E-state index contributed by atoms with van der Waals surface area (Å²) in [6.07, 6.45) is -0.348. The molecule has 38 heavy (non-hydrogen) atoms. The second-order valence-electron chi connectivity index (χ2n) is 8.79. The van der Waals surface area contributed by atoms with Gasteiger partial charge in [0.2, 0.25) is 17.7 Å². The molecule has 0 aliphatic heterocycles. The normalized spacial score (nSPS) is 13.8. The smallest absolute Gasteiger partial charge is 0.326 e. The van der Waals surface area contributed by atoms with Gasteiger partial charge in [0.05, 0.1) is 12.5 Å². The molecule has 3 amide bonds. The first kappa shape index (κ1) is 33.8. The SMILES string of the molecule is CC(C)C(N)C(=O)NC(CCCN=C(N)N)C(=O)NC(CCCN=C(N)N)C(=O)NC(CC(=O)O)C(=O)O. The summed E-state index contributed by atoms with van der Waals surface area (Å²) in [5, 5.41) is 25.3. The van der Waals surface area contributed by atoms with Crippen molar-refractivity contribution in [3.63, 3.8) is 0 Å². The van der Waals surface area contributed by atoms with Crippen LogP contribution in [0.5, 0.6) is 0 Å². The number of carbonyl (C=O) groups excluding carboxylic acids is 3. The maximum absolute atomic E-state index is 13.1. The van der Waals surface area contributed by atoms with Gasteiger partial charge >= 0.3 is 11.9 Å². The molecule has 0 aliphatic rings. The van der Waals surface area contributed by atoms with E-state index >= 15 is 0 Å². The Kier molecular flexibility index (Phi) is 15.4. The van der Waals surface area contributed by atoms with Crippen molar-refractivity contribution >= 4 is 41.6 Å². The molecule has 0 bridgehead atoms. The fourth-order valence-electron chi connectivity index (χ4n) is 3.03. The van der Waals surface area contributed by atoms with E-state index in [-0.39, 0.29) is 56.6 Å². The summed E-state index contributed by atoms with van der Waals surface area (Å²) in [6.45, 7) is 3.72. The number of hydrogen-bond donors (Lipinski definition) is 10. The summed E-state index contributed by atoms with van der Waals surface area (Å²) in [4.78, 5) is 68.5. The highest BCUT2D eigenvalue weighted by Gasteiger charge is 2.31. The van der Waals surface area contributed by atoms with Crippen molar-refractivity contribution in [1.82, 2.24) is 16.0 Å². The summed E-state index contributed by atoms with van der Waals surface area (Å²) < 4.78 is 0. The van der Waals surface area contributed by atoms with Crippen LogP contribution in [0.4, 0.5) is 0 Å². The first-order valence-electron chi connectivity index (χ1n) is 11.9. The number of nitrogens with two attached hydrogens (primary N) is 5. The second-order valence-corrected chi connectivity index (χ2v) is 8.79. The molecule has 15 N–H and O–H groups in total. The average molecular weight is 545 g/mol. The molecule has 216 valence electrons. The number of nitrogens with one attached hydrogen (secondary N) is 3. The Labute approximate surface area is 220 Å². The van der Waals surface area contributed by atoms with E-state index in [0.29, 0.717) is 0 Å². The van der Waals surface area contributed by atoms with Crippen molar-refractivity contribution in [2.45, 2.75) is 70.1 Å². The predicted molar refractivity (Wildman–Crippen MR) is 138 cm³/mol. The predicted octanol–water partition coefficient (Wildman–Crippen LogP) is -3.91. The molecule has 0 rings (SSSR count). The van der Waals surface area contributed by atoms with E-state index < -0.39 is 60.2 Å². The lowest BCUT2D eigenvalue weighted by Crippen LogP contribution is -2.57. The van der Waals surface area contributed by atoms with E-state index in [9.17, 15) is 29.1 Å². The van der Waals surface area contributed by atoms with Gasteiger partial charge in [0.15, 0.2) is 11.9 Å². The Hall–Kier alpha value is -4.15. The summed E-state index contributed by atoms with van der Waals surface area (Å²) in [7, 11) is 0. The Morgan fingerprint density at radius 2 is 1.11 bits per heavy atom. The van der Waals surface area contributed by atoms with Crippen molar-refractivity contribution < 1.29 is 34.2 Å². The molecule has 0 fully saturated rings. The van der Waals surface area contributed by atoms with Crippen LogP contribution >= 0.6 is 0 Å². The van der Waals surface area contributed by atoms with Crippen LogP contribution in [0.1, 0.15) is 46.0 Å². The zero-order valence-corrected chi connectivity index (χ0v) is 21.6. The average Bonchev–Trinajstić information content (AvgIpc) is 2.80. The van der Waals surface area contributed by atoms with Crippen molar-refractivity contribution in [2.75, 3.05) is 13.1 Å². The summed E-state index contributed by atoms with van der Waals surface area (Å²) >= 11 is 0. The van der Waals surface area contributed by atoms with Crippen LogP contribution in [0, 0.1) is 5.92 Å². The molecule has 0 aromatic rings. The maximum atomic E-state index is 13.1. The van der Waals surface area contributed by atoms with E-state index in [1.807, 2.05) is 0 Å². The Morgan fingerprint density at radius 1 is 0.711 bits per heavy atom. The fourth-order valence-corrected chi connectivity index (χ4v) is 3.03. The lowest BCUT2D eigenvalue weighted by molar-refractivity contribution is -0.147. The Bertz CT molecular complexity index is 886. The van der Waals surface area contributed by atoms with Gasteiger partial charge < -0.3 is 54.8 Å². The lowest BCUT2D eigenvalue weighted by Gasteiger charge is -2.25. The van der Waals surface area contributed by atoms with Crippen molar-refractivity contribution in [2.24, 2.45) is 44.6 Å². The molecule has 0 heterocycles. The minimum Gasteiger partial charge on any atom is -0.481 e. The minimum atomic E-state index is -1.74. The molecule has 0 aromatic carbocycles. The zero-order valence-electron chi connectivity index (χ0n) is 21.6. The first-order chi connectivity index (χ1) is 17.6. The van der Waals surface area contributed by atoms with E-state index in [1.165, 1.54) is 0 Å². The largest absolute Gasteiger partial charge is 0.481 e. The number of hydrogen-bond acceptors (Lipinski definition) is 8. The molecular formula is C21H40N10O7. The highest BCUT2D eigenvalue weighted by atomic mass is 16.4. The van der Waals surface area contributed by atoms with Crippen molar-refractivity contribution in [1.29, 1.82) is 0 Å². The fraction of sp³-hybridized carbons (Fsp3) is 0.667. The van der Waals surface area contributed by atoms with Crippen molar-refractivity contribution in [3.8, 4) is 0 Å². The topological polar surface area (TPSA) is 317 Å². The van der Waals surface area contributed by atoms with Gasteiger partial charge in [-0.15, -0.1) is 0 Å². The third-order valence-corrected chi connectivity index (χ3v) is 5.17. The number of aliphatic imine (C=N–C) groups is 2. The standard InChI is InChI=1S/C21H40N10O7/c1-10(2)15(22)18(36)30-12(6-4-8-28-21(25)26)16(34)29-11(5-3-7-27-20(23)24)17(35)31-13(19(37)38)9-14(32)33/h10-13,15H,3-9,22H2,1-2H3,(H,29,34)(H,30,36)(H,31,35)(H,32,33)(H,37,38)(H4,23,24,27)(H4,25,26,28). The number of aliphatic carboxylic acids is 2. The molecule has 0 saturated heterocycles. The molecule has 0 aliphatic carbocycles. The molecule has 0 radical (unpaired) electrons. The van der Waals surface area contributed by atoms with Gasteiger partial charge in [0.25, 0.3) is 0 Å². The second kappa shape index (κ2) is 17.3. The zero-order chi connectivity index (χ0) is 29.4. The van der Waals surface area contributed by atoms with Crippen molar-refractivity contribution in [3.05, 3.63) is 0 Å². The first-order valence-corrected chi connectivity index (χ1v) is 11.9. The van der Waals surface area contributed by atoms with Crippen LogP contribution in [-0.4, -0.2) is 89.0 Å². The van der Waals surface area contributed by atoms with Crippen LogP contribution in [0.25, 0.3) is 0 Å². The van der Waals surface area contributed by atoms with Crippen LogP contribution < -0.4 is 44.6 Å². The number of amides is 3. The number of rotatable bonds is 18. The molecule has 0 spiro atoms. The maximum Gasteiger partial charge on any atom is 0.326 e. The highest BCUT2D eigenvalue weighted by molar-refractivity contribution is 5.94. The molecule has 0 aromatic heterocycles. The molecule has 4 unspecified atom stereocenters. The lowest BCUT2D eigenvalue weighted by atomic mass is 10.0. The summed E-state index contributed by atoms with van der Waals surface area (Å²) in [5.41, 5.74) is 27.1. The third kappa shape index (κ3) is 14.4. The minimum absolute atomic E-state index is 0.0338. The number of nitrogens with zero attached hydrogens (tertiary/aromatic N) is 2. The van der Waals surface area contributed by atoms with Crippen LogP contribution in [0.15, 0.2) is 9.98 Å². The molecule has 0 saturated carbocycles. The molecular weight excluding hydrogens is 504 g/mol. The van der Waals surface area contributed by atoms with Crippen LogP contribution in [-0.2, 0) is 24.0 Å². The van der Waals surface area contributed by atoms with Gasteiger partial charge in [-0.25, -0.2) is 4.79 Å². The van der Waals surface area contributed by atoms with E-state index in [2.05, 4.69) is 25.9 Å². The van der Waals surface area contributed by atoms with Gasteiger partial charge in [0.1, 0.15) is 18.1 Å². The number of carboxylic acid groups (broad SMARTS) is 2. The summed E-state index contributed by atoms with van der Waals surface area (Å²) in [5.74, 6) is -5.88. The van der Waals surface area contributed by atoms with Gasteiger partial charge in [-0.3, -0.25) is 29.2 Å². The van der Waals surface area contributed by atoms with E-state index in [1.54, 1.807) is 13.8 Å².